The van der Waals surface area contributed by atoms with Crippen molar-refractivity contribution in [1.82, 2.24) is 25.9 Å². The average molecular weight is 455 g/mol. The standard InChI is InChI=1S/C17H29N9O6/c18-5-13(28)24-11(4-9-6-21-8-23-9)14(29)26-12(7-27)15(30)25-10(16(31)32)2-1-3-22-17(19)20/h6,8,10-12,27H,1-5,7,18H2,(H,21,23)(H,24,28)(H,25,30)(H,26,29)(H,31,32)(H4,19,20,22). The van der Waals surface area contributed by atoms with Gasteiger partial charge in [0.05, 0.1) is 19.5 Å². The Bertz CT molecular complexity index is 794. The first-order chi connectivity index (χ1) is 15.2. The van der Waals surface area contributed by atoms with Crippen LogP contribution in [0.4, 0.5) is 0 Å². The number of nitrogens with one attached hydrogen (secondary N) is 4. The van der Waals surface area contributed by atoms with Crippen molar-refractivity contribution >= 4 is 29.7 Å². The van der Waals surface area contributed by atoms with Gasteiger partial charge in [0.15, 0.2) is 5.96 Å². The van der Waals surface area contributed by atoms with Gasteiger partial charge in [-0.3, -0.25) is 19.4 Å². The van der Waals surface area contributed by atoms with Crippen LogP contribution in [-0.4, -0.2) is 87.7 Å². The van der Waals surface area contributed by atoms with Crippen LogP contribution in [0.1, 0.15) is 18.5 Å². The Morgan fingerprint density at radius 3 is 2.28 bits per heavy atom. The predicted octanol–water partition coefficient (Wildman–Crippen LogP) is -4.50. The van der Waals surface area contributed by atoms with E-state index in [2.05, 4.69) is 30.9 Å². The number of imidazole rings is 1. The molecule has 15 nitrogen and oxygen atoms in total. The number of carboxylic acid groups (broad SMARTS) is 1. The summed E-state index contributed by atoms with van der Waals surface area (Å²) in [5.74, 6) is -3.76. The van der Waals surface area contributed by atoms with E-state index >= 15 is 0 Å². The Hall–Kier alpha value is -3.72. The molecule has 3 amide bonds. The molecule has 15 heteroatoms. The third-order valence-corrected chi connectivity index (χ3v) is 4.19. The summed E-state index contributed by atoms with van der Waals surface area (Å²) >= 11 is 0. The van der Waals surface area contributed by atoms with E-state index in [1.807, 2.05) is 0 Å². The Kier molecular flexibility index (Phi) is 11.1. The number of rotatable bonds is 14. The molecule has 0 aliphatic carbocycles. The summed E-state index contributed by atoms with van der Waals surface area (Å²) in [6.45, 7) is -1.01. The fourth-order valence-electron chi connectivity index (χ4n) is 2.58. The SMILES string of the molecule is NCC(=O)NC(Cc1cnc[nH]1)C(=O)NC(CO)C(=O)NC(CCCN=C(N)N)C(=O)O. The number of aliphatic hydroxyl groups excluding tert-OH is 1. The van der Waals surface area contributed by atoms with E-state index < -0.39 is 48.4 Å². The molecular weight excluding hydrogens is 426 g/mol. The Labute approximate surface area is 183 Å². The summed E-state index contributed by atoms with van der Waals surface area (Å²) in [6, 6.07) is -3.87. The van der Waals surface area contributed by atoms with Gasteiger partial charge in [0, 0.05) is 24.9 Å². The molecule has 0 radical (unpaired) electrons. The zero-order valence-corrected chi connectivity index (χ0v) is 17.3. The molecule has 0 aliphatic heterocycles. The predicted molar refractivity (Wildman–Crippen MR) is 112 cm³/mol. The minimum atomic E-state index is -1.46. The Morgan fingerprint density at radius 1 is 1.09 bits per heavy atom. The molecule has 1 aromatic heterocycles. The lowest BCUT2D eigenvalue weighted by atomic mass is 10.1. The van der Waals surface area contributed by atoms with Gasteiger partial charge in [0.2, 0.25) is 17.7 Å². The number of carbonyl (C=O) groups excluding carboxylic acids is 3. The lowest BCUT2D eigenvalue weighted by Gasteiger charge is -2.23. The molecule has 0 saturated carbocycles. The van der Waals surface area contributed by atoms with Gasteiger partial charge in [-0.2, -0.15) is 0 Å². The van der Waals surface area contributed by atoms with Gasteiger partial charge in [0.1, 0.15) is 18.1 Å². The van der Waals surface area contributed by atoms with Crippen LogP contribution in [0.3, 0.4) is 0 Å². The molecule has 0 spiro atoms. The van der Waals surface area contributed by atoms with Crippen LogP contribution in [0.5, 0.6) is 0 Å². The van der Waals surface area contributed by atoms with Crippen LogP contribution in [-0.2, 0) is 25.6 Å². The summed E-state index contributed by atoms with van der Waals surface area (Å²) in [5.41, 5.74) is 16.2. The third-order valence-electron chi connectivity index (χ3n) is 4.19. The molecule has 1 rings (SSSR count). The summed E-state index contributed by atoms with van der Waals surface area (Å²) in [7, 11) is 0. The highest BCUT2D eigenvalue weighted by molar-refractivity contribution is 5.93. The first-order valence-corrected chi connectivity index (χ1v) is 9.64. The molecule has 1 heterocycles. The van der Waals surface area contributed by atoms with Gasteiger partial charge in [0.25, 0.3) is 0 Å². The third kappa shape index (κ3) is 9.40. The molecule has 178 valence electrons. The van der Waals surface area contributed by atoms with E-state index in [1.54, 1.807) is 0 Å². The number of carbonyl (C=O) groups is 4. The summed E-state index contributed by atoms with van der Waals surface area (Å²) in [6.07, 6.45) is 3.13. The van der Waals surface area contributed by atoms with Crippen LogP contribution in [0.25, 0.3) is 0 Å². The number of nitrogens with zero attached hydrogens (tertiary/aromatic N) is 2. The molecular formula is C17H29N9O6. The van der Waals surface area contributed by atoms with E-state index in [9.17, 15) is 29.4 Å². The number of aromatic amines is 1. The van der Waals surface area contributed by atoms with Crippen molar-refractivity contribution in [3.8, 4) is 0 Å². The number of aliphatic imine (C=N–C) groups is 1. The second-order valence-electron chi connectivity index (χ2n) is 6.70. The summed E-state index contributed by atoms with van der Waals surface area (Å²) in [5, 5.41) is 25.8. The van der Waals surface area contributed by atoms with Crippen molar-refractivity contribution in [3.05, 3.63) is 18.2 Å². The van der Waals surface area contributed by atoms with Crippen LogP contribution >= 0.6 is 0 Å². The number of aromatic nitrogens is 2. The van der Waals surface area contributed by atoms with Gasteiger partial charge in [-0.25, -0.2) is 9.78 Å². The molecule has 0 fully saturated rings. The van der Waals surface area contributed by atoms with Crippen molar-refractivity contribution in [1.29, 1.82) is 0 Å². The van der Waals surface area contributed by atoms with E-state index in [-0.39, 0.29) is 38.3 Å². The number of amides is 3. The lowest BCUT2D eigenvalue weighted by Crippen LogP contribution is -2.57. The van der Waals surface area contributed by atoms with Gasteiger partial charge in [-0.1, -0.05) is 0 Å². The van der Waals surface area contributed by atoms with Gasteiger partial charge < -0.3 is 48.3 Å². The molecule has 0 aromatic carbocycles. The Balaban J connectivity index is 2.77. The highest BCUT2D eigenvalue weighted by Gasteiger charge is 2.29. The van der Waals surface area contributed by atoms with Crippen LogP contribution in [0.15, 0.2) is 17.5 Å². The van der Waals surface area contributed by atoms with Crippen molar-refractivity contribution in [3.63, 3.8) is 0 Å². The van der Waals surface area contributed by atoms with Crippen molar-refractivity contribution in [2.24, 2.45) is 22.2 Å². The Morgan fingerprint density at radius 2 is 1.75 bits per heavy atom. The fraction of sp³-hybridized carbons (Fsp3) is 0.529. The quantitative estimate of drug-likeness (QED) is 0.0736. The van der Waals surface area contributed by atoms with Gasteiger partial charge >= 0.3 is 5.97 Å². The van der Waals surface area contributed by atoms with Crippen molar-refractivity contribution in [2.45, 2.75) is 37.4 Å². The number of carboxylic acids is 1. The monoisotopic (exact) mass is 455 g/mol. The molecule has 12 N–H and O–H groups in total. The van der Waals surface area contributed by atoms with E-state index in [0.717, 1.165) is 0 Å². The maximum Gasteiger partial charge on any atom is 0.326 e. The molecule has 32 heavy (non-hydrogen) atoms. The zero-order valence-electron chi connectivity index (χ0n) is 17.3. The molecule has 0 aliphatic rings. The molecule has 0 bridgehead atoms. The first kappa shape index (κ1) is 26.3. The fourth-order valence-corrected chi connectivity index (χ4v) is 2.58. The van der Waals surface area contributed by atoms with E-state index in [0.29, 0.717) is 5.69 Å². The largest absolute Gasteiger partial charge is 0.480 e. The number of aliphatic hydroxyl groups is 1. The number of hydrogen-bond acceptors (Lipinski definition) is 8. The molecule has 0 saturated heterocycles. The van der Waals surface area contributed by atoms with Crippen LogP contribution in [0.2, 0.25) is 0 Å². The zero-order chi connectivity index (χ0) is 24.1. The van der Waals surface area contributed by atoms with Gasteiger partial charge in [-0.05, 0) is 12.8 Å². The normalized spacial score (nSPS) is 13.3. The minimum Gasteiger partial charge on any atom is -0.480 e. The summed E-state index contributed by atoms with van der Waals surface area (Å²) < 4.78 is 0. The minimum absolute atomic E-state index is 0.0129. The number of nitrogens with two attached hydrogens (primary N) is 3. The van der Waals surface area contributed by atoms with Crippen LogP contribution in [0, 0.1) is 0 Å². The van der Waals surface area contributed by atoms with E-state index in [4.69, 9.17) is 17.2 Å². The summed E-state index contributed by atoms with van der Waals surface area (Å²) in [4.78, 5) is 58.5. The van der Waals surface area contributed by atoms with E-state index in [1.165, 1.54) is 12.5 Å². The average Bonchev–Trinajstić information content (AvgIpc) is 3.25. The number of hydrogen-bond donors (Lipinski definition) is 9. The smallest absolute Gasteiger partial charge is 0.326 e. The maximum absolute atomic E-state index is 12.6. The van der Waals surface area contributed by atoms with Crippen LogP contribution < -0.4 is 33.2 Å². The second-order valence-corrected chi connectivity index (χ2v) is 6.70. The number of guanidine groups is 1. The molecule has 1 aromatic rings. The second kappa shape index (κ2) is 13.6. The van der Waals surface area contributed by atoms with Crippen molar-refractivity contribution in [2.75, 3.05) is 19.7 Å². The number of H-pyrrole nitrogens is 1. The maximum atomic E-state index is 12.6. The molecule has 3 atom stereocenters. The topological polar surface area (TPSA) is 264 Å². The first-order valence-electron chi connectivity index (χ1n) is 9.64. The van der Waals surface area contributed by atoms with Crippen molar-refractivity contribution < 1.29 is 29.4 Å². The molecule has 3 unspecified atom stereocenters. The van der Waals surface area contributed by atoms with Gasteiger partial charge in [-0.15, -0.1) is 0 Å². The highest BCUT2D eigenvalue weighted by atomic mass is 16.4. The lowest BCUT2D eigenvalue weighted by molar-refractivity contribution is -0.142. The highest BCUT2D eigenvalue weighted by Crippen LogP contribution is 2.02. The number of aliphatic carboxylic acids is 1.